The maximum Gasteiger partial charge on any atom is 0.408 e. The van der Waals surface area contributed by atoms with Gasteiger partial charge in [-0.05, 0) is 97.8 Å². The average Bonchev–Trinajstić information content (AvgIpc) is 2.73. The molecule has 1 saturated heterocycles. The summed E-state index contributed by atoms with van der Waals surface area (Å²) >= 11 is 0. The maximum absolute atomic E-state index is 13.6. The number of nitrogens with one attached hydrogen (secondary N) is 2. The molecule has 0 aromatic heterocycles. The minimum absolute atomic E-state index is 0.119. The van der Waals surface area contributed by atoms with Gasteiger partial charge < -0.3 is 20.6 Å². The quantitative estimate of drug-likeness (QED) is 0.338. The lowest BCUT2D eigenvalue weighted by Gasteiger charge is -2.51. The Morgan fingerprint density at radius 3 is 2.16 bits per heavy atom. The summed E-state index contributed by atoms with van der Waals surface area (Å²) in [5.41, 5.74) is -0.779. The first-order valence-electron chi connectivity index (χ1n) is 13.6. The smallest absolute Gasteiger partial charge is 0.408 e. The number of hydrogen-bond acceptors (Lipinski definition) is 5. The van der Waals surface area contributed by atoms with Crippen LogP contribution in [0.15, 0.2) is 36.4 Å². The molecule has 7 nitrogen and oxygen atoms in total. The highest BCUT2D eigenvalue weighted by atomic mass is 19.1. The second-order valence-corrected chi connectivity index (χ2v) is 13.3. The van der Waals surface area contributed by atoms with Crippen LogP contribution in [0.3, 0.4) is 0 Å². The molecule has 1 fully saturated rings. The molecule has 2 amide bonds. The Morgan fingerprint density at radius 1 is 1.11 bits per heavy atom. The number of ether oxygens (including phenoxy) is 1. The first kappa shape index (κ1) is 31.8. The first-order valence-corrected chi connectivity index (χ1v) is 13.6. The zero-order valence-electron chi connectivity index (χ0n) is 24.6. The number of piperidine rings is 1. The molecule has 0 radical (unpaired) electrons. The number of benzene rings is 1. The van der Waals surface area contributed by atoms with Crippen molar-refractivity contribution in [3.63, 3.8) is 0 Å². The predicted molar refractivity (Wildman–Crippen MR) is 148 cm³/mol. The third-order valence-corrected chi connectivity index (χ3v) is 6.69. The lowest BCUT2D eigenvalue weighted by molar-refractivity contribution is -0.246. The van der Waals surface area contributed by atoms with Crippen LogP contribution < -0.4 is 10.6 Å². The molecule has 1 aliphatic heterocycles. The Kier molecular flexibility index (Phi) is 10.5. The number of rotatable bonds is 9. The second kappa shape index (κ2) is 12.6. The number of amides is 2. The van der Waals surface area contributed by atoms with E-state index in [2.05, 4.69) is 24.5 Å². The summed E-state index contributed by atoms with van der Waals surface area (Å²) in [6, 6.07) is 5.72. The van der Waals surface area contributed by atoms with E-state index in [1.54, 1.807) is 12.1 Å². The van der Waals surface area contributed by atoms with Crippen LogP contribution in [0, 0.1) is 17.7 Å². The van der Waals surface area contributed by atoms with Crippen LogP contribution >= 0.6 is 0 Å². The Morgan fingerprint density at radius 2 is 1.66 bits per heavy atom. The van der Waals surface area contributed by atoms with Crippen molar-refractivity contribution < 1.29 is 23.9 Å². The SMILES string of the molecule is CC(C)C[C@@H](/C=C/[C@H](Cc1ccc(F)cc1)C(=O)NC1CC(C)(C)N(O)C(C)(C)C1)NC(=O)OC(C)(C)C. The van der Waals surface area contributed by atoms with E-state index >= 15 is 0 Å². The van der Waals surface area contributed by atoms with Gasteiger partial charge in [-0.15, -0.1) is 0 Å². The molecule has 8 heteroatoms. The van der Waals surface area contributed by atoms with Crippen molar-refractivity contribution in [1.82, 2.24) is 15.7 Å². The lowest BCUT2D eigenvalue weighted by Crippen LogP contribution is -2.63. The van der Waals surface area contributed by atoms with E-state index in [0.717, 1.165) is 5.56 Å². The van der Waals surface area contributed by atoms with Crippen molar-refractivity contribution >= 4 is 12.0 Å². The van der Waals surface area contributed by atoms with Gasteiger partial charge in [0.15, 0.2) is 0 Å². The molecule has 0 bridgehead atoms. The van der Waals surface area contributed by atoms with Crippen LogP contribution in [0.5, 0.6) is 0 Å². The first-order chi connectivity index (χ1) is 17.4. The monoisotopic (exact) mass is 533 g/mol. The number of carbonyl (C=O) groups is 2. The van der Waals surface area contributed by atoms with Gasteiger partial charge in [-0.3, -0.25) is 4.79 Å². The molecular formula is C30H48FN3O4. The minimum Gasteiger partial charge on any atom is -0.444 e. The summed E-state index contributed by atoms with van der Waals surface area (Å²) in [6.45, 7) is 17.4. The molecule has 2 rings (SSSR count). The van der Waals surface area contributed by atoms with Gasteiger partial charge in [0, 0.05) is 17.1 Å². The van der Waals surface area contributed by atoms with Gasteiger partial charge >= 0.3 is 6.09 Å². The predicted octanol–water partition coefficient (Wildman–Crippen LogP) is 6.01. The number of hydroxylamine groups is 2. The van der Waals surface area contributed by atoms with Gasteiger partial charge in [0.1, 0.15) is 11.4 Å². The maximum atomic E-state index is 13.6. The molecule has 1 heterocycles. The molecule has 1 aromatic rings. The fourth-order valence-corrected chi connectivity index (χ4v) is 5.22. The number of halogens is 1. The Labute approximate surface area is 228 Å². The highest BCUT2D eigenvalue weighted by Gasteiger charge is 2.45. The van der Waals surface area contributed by atoms with E-state index in [1.807, 2.05) is 60.6 Å². The third-order valence-electron chi connectivity index (χ3n) is 6.69. The van der Waals surface area contributed by atoms with Crippen molar-refractivity contribution in [1.29, 1.82) is 0 Å². The lowest BCUT2D eigenvalue weighted by atomic mass is 9.78. The van der Waals surface area contributed by atoms with Crippen molar-refractivity contribution in [2.24, 2.45) is 11.8 Å². The van der Waals surface area contributed by atoms with Gasteiger partial charge in [-0.25, -0.2) is 9.18 Å². The van der Waals surface area contributed by atoms with Crippen LogP contribution in [0.4, 0.5) is 9.18 Å². The average molecular weight is 534 g/mol. The third kappa shape index (κ3) is 10.0. The Hall–Kier alpha value is -2.45. The molecule has 214 valence electrons. The standard InChI is InChI=1S/C30H48FN3O4/c1-20(2)16-24(33-27(36)38-28(3,4)5)15-12-22(17-21-10-13-23(31)14-11-21)26(35)32-25-18-29(6,7)34(37)30(8,9)19-25/h10-15,20,22,24-25,37H,16-19H2,1-9H3,(H,32,35)(H,33,36)/b15-12+/t22-,24-/m1/s1. The minimum atomic E-state index is -0.618. The summed E-state index contributed by atoms with van der Waals surface area (Å²) < 4.78 is 18.9. The number of hydrogen-bond donors (Lipinski definition) is 3. The molecule has 38 heavy (non-hydrogen) atoms. The summed E-state index contributed by atoms with van der Waals surface area (Å²) in [6.07, 6.45) is 5.45. The van der Waals surface area contributed by atoms with Crippen LogP contribution in [-0.2, 0) is 16.0 Å². The van der Waals surface area contributed by atoms with Crippen LogP contribution in [0.25, 0.3) is 0 Å². The van der Waals surface area contributed by atoms with Crippen LogP contribution in [0.2, 0.25) is 0 Å². The zero-order valence-corrected chi connectivity index (χ0v) is 24.6. The summed E-state index contributed by atoms with van der Waals surface area (Å²) in [7, 11) is 0. The topological polar surface area (TPSA) is 90.9 Å². The van der Waals surface area contributed by atoms with Gasteiger partial charge in [-0.2, -0.15) is 5.06 Å². The molecule has 2 atom stereocenters. The van der Waals surface area contributed by atoms with E-state index in [1.165, 1.54) is 17.2 Å². The van der Waals surface area contributed by atoms with Gasteiger partial charge in [-0.1, -0.05) is 38.1 Å². The fourth-order valence-electron chi connectivity index (χ4n) is 5.22. The number of alkyl carbamates (subject to hydrolysis) is 1. The van der Waals surface area contributed by atoms with E-state index < -0.39 is 28.7 Å². The van der Waals surface area contributed by atoms with Gasteiger partial charge in [0.05, 0.1) is 12.0 Å². The molecular weight excluding hydrogens is 485 g/mol. The van der Waals surface area contributed by atoms with Gasteiger partial charge in [0.25, 0.3) is 0 Å². The van der Waals surface area contributed by atoms with Gasteiger partial charge in [0.2, 0.25) is 5.91 Å². The molecule has 3 N–H and O–H groups in total. The zero-order chi connectivity index (χ0) is 28.9. The molecule has 0 saturated carbocycles. The largest absolute Gasteiger partial charge is 0.444 e. The van der Waals surface area contributed by atoms with E-state index in [4.69, 9.17) is 4.74 Å². The molecule has 0 unspecified atom stereocenters. The number of carbonyl (C=O) groups excluding carboxylic acids is 2. The van der Waals surface area contributed by atoms with E-state index in [0.29, 0.717) is 31.6 Å². The highest BCUT2D eigenvalue weighted by molar-refractivity contribution is 5.81. The molecule has 0 spiro atoms. The van der Waals surface area contributed by atoms with E-state index in [9.17, 15) is 19.2 Å². The summed E-state index contributed by atoms with van der Waals surface area (Å²) in [4.78, 5) is 26.1. The number of nitrogens with zero attached hydrogens (tertiary/aromatic N) is 1. The fraction of sp³-hybridized carbons (Fsp3) is 0.667. The van der Waals surface area contributed by atoms with Crippen LogP contribution in [-0.4, -0.2) is 51.0 Å². The van der Waals surface area contributed by atoms with E-state index in [-0.39, 0.29) is 23.8 Å². The summed E-state index contributed by atoms with van der Waals surface area (Å²) in [5.74, 6) is -0.704. The van der Waals surface area contributed by atoms with Crippen molar-refractivity contribution in [3.05, 3.63) is 47.8 Å². The van der Waals surface area contributed by atoms with Crippen molar-refractivity contribution in [2.45, 2.75) is 117 Å². The van der Waals surface area contributed by atoms with Crippen molar-refractivity contribution in [3.8, 4) is 0 Å². The Balaban J connectivity index is 2.26. The Bertz CT molecular complexity index is 949. The van der Waals surface area contributed by atoms with Crippen LogP contribution in [0.1, 0.15) is 87.1 Å². The molecule has 0 aliphatic carbocycles. The summed E-state index contributed by atoms with van der Waals surface area (Å²) in [5, 5.41) is 18.1. The normalized spacial score (nSPS) is 19.8. The molecule has 1 aromatic carbocycles. The van der Waals surface area contributed by atoms with Crippen molar-refractivity contribution in [2.75, 3.05) is 0 Å². The highest BCUT2D eigenvalue weighted by Crippen LogP contribution is 2.36. The molecule has 1 aliphatic rings. The second-order valence-electron chi connectivity index (χ2n) is 13.3.